The molecule has 7 N–H and O–H groups in total. The number of nitrogens with one attached hydrogen (secondary N) is 5. The maximum absolute atomic E-state index is 14.7. The predicted octanol–water partition coefficient (Wildman–Crippen LogP) is 2.49. The number of piperidine rings is 1. The van der Waals surface area contributed by atoms with Gasteiger partial charge in [-0.2, -0.15) is 0 Å². The molecular weight excluding hydrogens is 1070 g/mol. The van der Waals surface area contributed by atoms with Crippen LogP contribution in [-0.2, 0) is 63.9 Å². The van der Waals surface area contributed by atoms with Crippen LogP contribution in [0.4, 0.5) is 0 Å². The van der Waals surface area contributed by atoms with Gasteiger partial charge in [0.15, 0.2) is 11.9 Å². The monoisotopic (exact) mass is 1170 g/mol. The molecular formula is C59H97N9O15. The third-order valence-electron chi connectivity index (χ3n) is 15.7. The first-order chi connectivity index (χ1) is 38.8. The van der Waals surface area contributed by atoms with Crippen LogP contribution in [0.25, 0.3) is 0 Å². The maximum atomic E-state index is 14.7. The number of benzene rings is 1. The number of nitrogens with zero attached hydrogens (tertiary/aromatic N) is 4. The average molecular weight is 1170 g/mol. The Morgan fingerprint density at radius 1 is 0.663 bits per heavy atom. The van der Waals surface area contributed by atoms with E-state index in [4.69, 9.17) is 9.47 Å². The van der Waals surface area contributed by atoms with E-state index in [2.05, 4.69) is 26.6 Å². The highest BCUT2D eigenvalue weighted by Crippen LogP contribution is 2.25. The number of amides is 7. The standard InChI is InChI=1S/C59H97N9O15/c1-18-36(11)48(60-13)56(77)67(16)50(37(12)19-2)43(69)30-61-31-44(70)66(15)49(34(7)8)54(75)62-40(28-38-23-25-39(82-17)26-24-38)59(81)83-51(35(9)10)57(78)68-27-21-20-22-41(68)52(73)63-46(32(3)4)53(74)64-47(33(5)6)55(76)65(14)42(58(79)80)29-45(71)72/h23-26,32-37,40-42,46-51,60-61H,18-22,27-31H2,1-17H3,(H,62,75)(H,63,73)(H,64,74)(H,71,72)(H,79,80)/t36-,37-,40-,41-,42-,46-,47-,48-,49-,50-,51-/m0/s1. The fourth-order valence-corrected chi connectivity index (χ4v) is 10.2. The minimum atomic E-state index is -1.73. The molecule has 1 heterocycles. The summed E-state index contributed by atoms with van der Waals surface area (Å²) in [5, 5.41) is 33.2. The Bertz CT molecular complexity index is 2380. The van der Waals surface area contributed by atoms with Gasteiger partial charge in [0.25, 0.3) is 5.91 Å². The molecule has 83 heavy (non-hydrogen) atoms. The maximum Gasteiger partial charge on any atom is 0.329 e. The molecule has 2 rings (SSSR count). The van der Waals surface area contributed by atoms with E-state index in [0.717, 1.165) is 18.4 Å². The smallest absolute Gasteiger partial charge is 0.329 e. The number of rotatable bonds is 34. The van der Waals surface area contributed by atoms with Gasteiger partial charge in [0, 0.05) is 34.1 Å². The van der Waals surface area contributed by atoms with Crippen molar-refractivity contribution in [1.29, 1.82) is 0 Å². The molecule has 0 aromatic heterocycles. The van der Waals surface area contributed by atoms with E-state index in [1.807, 2.05) is 27.7 Å². The van der Waals surface area contributed by atoms with Crippen LogP contribution in [0, 0.1) is 35.5 Å². The van der Waals surface area contributed by atoms with E-state index < -0.39 is 138 Å². The second-order valence-electron chi connectivity index (χ2n) is 23.3. The Kier molecular flexibility index (Phi) is 29.8. The third kappa shape index (κ3) is 20.6. The van der Waals surface area contributed by atoms with Gasteiger partial charge < -0.3 is 65.9 Å². The van der Waals surface area contributed by atoms with E-state index in [1.54, 1.807) is 93.8 Å². The lowest BCUT2D eigenvalue weighted by atomic mass is 9.91. The lowest BCUT2D eigenvalue weighted by molar-refractivity contribution is -0.168. The largest absolute Gasteiger partial charge is 0.497 e. The van der Waals surface area contributed by atoms with Crippen molar-refractivity contribution in [2.24, 2.45) is 35.5 Å². The molecule has 0 bridgehead atoms. The van der Waals surface area contributed by atoms with Gasteiger partial charge in [-0.1, -0.05) is 108 Å². The van der Waals surface area contributed by atoms with Crippen molar-refractivity contribution < 1.29 is 72.4 Å². The number of esters is 1. The molecule has 1 aromatic carbocycles. The number of methoxy groups -OCH3 is 1. The molecule has 1 aliphatic rings. The number of hydrogen-bond acceptors (Lipinski definition) is 15. The normalized spacial score (nSPS) is 17.1. The van der Waals surface area contributed by atoms with Crippen molar-refractivity contribution >= 4 is 65.0 Å². The van der Waals surface area contributed by atoms with E-state index in [-0.39, 0.29) is 56.0 Å². The minimum Gasteiger partial charge on any atom is -0.497 e. The topological polar surface area (TPSA) is 320 Å². The molecule has 468 valence electrons. The SMILES string of the molecule is CC[C@H](C)[C@H](NC)C(=O)N(C)[C@H](C(=O)CNCC(=O)N(C)[C@H](C(=O)N[C@@H](Cc1ccc(OC)cc1)C(=O)O[C@H](C(=O)N1CCCC[C@H]1C(=O)N[C@H](C(=O)N[C@H](C(=O)N(C)[C@@H](CC(=O)O)C(=O)O)C(C)C)C(C)C)C(C)C)C(C)C)[C@@H](C)CC. The quantitative estimate of drug-likeness (QED) is 0.0488. The van der Waals surface area contributed by atoms with Gasteiger partial charge in [-0.05, 0) is 79.5 Å². The summed E-state index contributed by atoms with van der Waals surface area (Å²) < 4.78 is 11.4. The highest BCUT2D eigenvalue weighted by Gasteiger charge is 2.43. The van der Waals surface area contributed by atoms with Crippen LogP contribution in [-0.4, -0.2) is 204 Å². The first kappa shape index (κ1) is 72.4. The molecule has 0 unspecified atom stereocenters. The van der Waals surface area contributed by atoms with Gasteiger partial charge in [-0.25, -0.2) is 9.59 Å². The number of aliphatic carboxylic acids is 2. The number of hydrogen-bond donors (Lipinski definition) is 7. The molecule has 1 saturated heterocycles. The van der Waals surface area contributed by atoms with E-state index in [0.29, 0.717) is 30.6 Å². The lowest BCUT2D eigenvalue weighted by Crippen LogP contribution is -2.62. The number of Topliss-reactive ketones (excluding diaryl/α,β-unsaturated/α-hetero) is 1. The van der Waals surface area contributed by atoms with Gasteiger partial charge in [-0.15, -0.1) is 0 Å². The van der Waals surface area contributed by atoms with E-state index in [9.17, 15) is 63.0 Å². The van der Waals surface area contributed by atoms with Crippen molar-refractivity contribution in [2.45, 2.75) is 182 Å². The van der Waals surface area contributed by atoms with Crippen LogP contribution in [0.15, 0.2) is 24.3 Å². The average Bonchev–Trinajstić information content (AvgIpc) is 3.53. The molecule has 1 aliphatic heterocycles. The number of ether oxygens (including phenoxy) is 2. The molecule has 24 heteroatoms. The summed E-state index contributed by atoms with van der Waals surface area (Å²) in [6, 6.07) is -2.51. The van der Waals surface area contributed by atoms with Gasteiger partial charge >= 0.3 is 17.9 Å². The number of likely N-dealkylation sites (tertiary alicyclic amines) is 1. The van der Waals surface area contributed by atoms with Crippen molar-refractivity contribution in [3.63, 3.8) is 0 Å². The summed E-state index contributed by atoms with van der Waals surface area (Å²) in [4.78, 5) is 155. The van der Waals surface area contributed by atoms with Crippen LogP contribution in [0.1, 0.15) is 127 Å². The van der Waals surface area contributed by atoms with Crippen LogP contribution >= 0.6 is 0 Å². The predicted molar refractivity (Wildman–Crippen MR) is 310 cm³/mol. The Hall–Kier alpha value is -6.69. The summed E-state index contributed by atoms with van der Waals surface area (Å²) >= 11 is 0. The second-order valence-corrected chi connectivity index (χ2v) is 23.3. The number of carboxylic acids is 2. The van der Waals surface area contributed by atoms with Crippen molar-refractivity contribution in [3.8, 4) is 5.75 Å². The highest BCUT2D eigenvalue weighted by molar-refractivity contribution is 5.97. The van der Waals surface area contributed by atoms with Crippen molar-refractivity contribution in [1.82, 2.24) is 46.2 Å². The fraction of sp³-hybridized carbons (Fsp3) is 0.712. The zero-order valence-electron chi connectivity index (χ0n) is 52.0. The van der Waals surface area contributed by atoms with Crippen molar-refractivity contribution in [3.05, 3.63) is 29.8 Å². The summed E-state index contributed by atoms with van der Waals surface area (Å²) in [6.45, 7) is 20.6. The molecule has 24 nitrogen and oxygen atoms in total. The number of carbonyl (C=O) groups is 11. The molecule has 0 saturated carbocycles. The fourth-order valence-electron chi connectivity index (χ4n) is 10.2. The van der Waals surface area contributed by atoms with Crippen molar-refractivity contribution in [2.75, 3.05) is 54.9 Å². The Balaban J connectivity index is 2.42. The molecule has 7 amide bonds. The third-order valence-corrected chi connectivity index (χ3v) is 15.7. The van der Waals surface area contributed by atoms with Gasteiger partial charge in [0.1, 0.15) is 42.0 Å². The number of carbonyl (C=O) groups excluding carboxylic acids is 9. The Morgan fingerprint density at radius 3 is 1.73 bits per heavy atom. The van der Waals surface area contributed by atoms with Gasteiger partial charge in [-0.3, -0.25) is 43.2 Å². The zero-order chi connectivity index (χ0) is 63.3. The molecule has 0 spiro atoms. The second kappa shape index (κ2) is 34.2. The van der Waals surface area contributed by atoms with E-state index in [1.165, 1.54) is 28.9 Å². The Labute approximate surface area is 490 Å². The molecule has 11 atom stereocenters. The van der Waals surface area contributed by atoms with E-state index >= 15 is 0 Å². The summed E-state index contributed by atoms with van der Waals surface area (Å²) in [7, 11) is 7.39. The van der Waals surface area contributed by atoms with Crippen LogP contribution < -0.4 is 31.3 Å². The highest BCUT2D eigenvalue weighted by atomic mass is 16.6. The number of likely N-dealkylation sites (N-methyl/N-ethyl adjacent to an activating group) is 4. The first-order valence-electron chi connectivity index (χ1n) is 29.0. The van der Waals surface area contributed by atoms with Crippen LogP contribution in [0.3, 0.4) is 0 Å². The van der Waals surface area contributed by atoms with Crippen LogP contribution in [0.2, 0.25) is 0 Å². The number of carboxylic acid groups (broad SMARTS) is 2. The lowest BCUT2D eigenvalue weighted by Gasteiger charge is -2.38. The molecule has 1 fully saturated rings. The minimum absolute atomic E-state index is 0.0166. The molecule has 1 aromatic rings. The van der Waals surface area contributed by atoms with Crippen LogP contribution in [0.5, 0.6) is 5.75 Å². The van der Waals surface area contributed by atoms with Gasteiger partial charge in [0.05, 0.1) is 38.7 Å². The summed E-state index contributed by atoms with van der Waals surface area (Å²) in [5.41, 5.74) is 0.583. The summed E-state index contributed by atoms with van der Waals surface area (Å²) in [6.07, 6.45) is 0.0889. The first-order valence-corrected chi connectivity index (χ1v) is 29.0. The number of ketones is 1. The molecule has 0 aliphatic carbocycles. The molecule has 0 radical (unpaired) electrons. The summed E-state index contributed by atoms with van der Waals surface area (Å²) in [5.74, 6) is -10.7. The van der Waals surface area contributed by atoms with Gasteiger partial charge in [0.2, 0.25) is 35.4 Å². The zero-order valence-corrected chi connectivity index (χ0v) is 52.0. The Morgan fingerprint density at radius 2 is 1.24 bits per heavy atom.